The van der Waals surface area contributed by atoms with E-state index in [1.54, 1.807) is 0 Å². The van der Waals surface area contributed by atoms with Crippen molar-refractivity contribution in [2.45, 2.75) is 84.3 Å². The van der Waals surface area contributed by atoms with Crippen LogP contribution in [-0.2, 0) is 4.74 Å². The maximum absolute atomic E-state index is 6.19. The van der Waals surface area contributed by atoms with Crippen molar-refractivity contribution in [3.63, 3.8) is 0 Å². The zero-order valence-electron chi connectivity index (χ0n) is 13.4. The minimum atomic E-state index is -0.0208. The number of hydrogen-bond acceptors (Lipinski definition) is 3. The first-order valence-corrected chi connectivity index (χ1v) is 8.14. The smallest absolute Gasteiger partial charge is 0.0848 e. The molecule has 0 aromatic rings. The van der Waals surface area contributed by atoms with Crippen LogP contribution in [0.2, 0.25) is 0 Å². The van der Waals surface area contributed by atoms with Gasteiger partial charge in [0, 0.05) is 6.61 Å². The van der Waals surface area contributed by atoms with Crippen molar-refractivity contribution in [3.05, 3.63) is 0 Å². The van der Waals surface area contributed by atoms with Gasteiger partial charge in [-0.05, 0) is 44.4 Å². The SMILES string of the molecule is CCOC1(C(CC(C)CC(C)C)NN)CCCCC1. The summed E-state index contributed by atoms with van der Waals surface area (Å²) in [7, 11) is 0. The third kappa shape index (κ3) is 5.05. The van der Waals surface area contributed by atoms with E-state index in [1.807, 2.05) is 0 Å². The minimum absolute atomic E-state index is 0.0208. The van der Waals surface area contributed by atoms with E-state index in [4.69, 9.17) is 10.6 Å². The lowest BCUT2D eigenvalue weighted by molar-refractivity contribution is -0.0943. The molecule has 3 nitrogen and oxygen atoms in total. The lowest BCUT2D eigenvalue weighted by atomic mass is 9.75. The normalized spacial score (nSPS) is 22.4. The molecular formula is C16H34N2O. The third-order valence-electron chi connectivity index (χ3n) is 4.48. The van der Waals surface area contributed by atoms with Crippen LogP contribution in [0.4, 0.5) is 0 Å². The Balaban J connectivity index is 2.67. The number of rotatable bonds is 8. The van der Waals surface area contributed by atoms with E-state index < -0.39 is 0 Å². The topological polar surface area (TPSA) is 47.3 Å². The Bertz CT molecular complexity index is 231. The van der Waals surface area contributed by atoms with Crippen LogP contribution in [0.1, 0.15) is 72.6 Å². The molecule has 3 heteroatoms. The van der Waals surface area contributed by atoms with E-state index in [9.17, 15) is 0 Å². The molecule has 1 saturated carbocycles. The van der Waals surface area contributed by atoms with Gasteiger partial charge < -0.3 is 4.74 Å². The van der Waals surface area contributed by atoms with Crippen LogP contribution in [0, 0.1) is 11.8 Å². The van der Waals surface area contributed by atoms with Crippen LogP contribution in [-0.4, -0.2) is 18.2 Å². The van der Waals surface area contributed by atoms with Gasteiger partial charge in [-0.2, -0.15) is 0 Å². The fourth-order valence-electron chi connectivity index (χ4n) is 3.77. The average Bonchev–Trinajstić information content (AvgIpc) is 2.36. The van der Waals surface area contributed by atoms with Crippen LogP contribution in [0.15, 0.2) is 0 Å². The summed E-state index contributed by atoms with van der Waals surface area (Å²) < 4.78 is 6.19. The zero-order chi connectivity index (χ0) is 14.3. The van der Waals surface area contributed by atoms with E-state index in [-0.39, 0.29) is 5.60 Å². The van der Waals surface area contributed by atoms with Crippen molar-refractivity contribution in [2.75, 3.05) is 6.61 Å². The lowest BCUT2D eigenvalue weighted by Gasteiger charge is -2.44. The molecule has 0 aliphatic heterocycles. The summed E-state index contributed by atoms with van der Waals surface area (Å²) >= 11 is 0. The number of hydrogen-bond donors (Lipinski definition) is 2. The van der Waals surface area contributed by atoms with Gasteiger partial charge in [0.1, 0.15) is 0 Å². The molecule has 0 amide bonds. The summed E-state index contributed by atoms with van der Waals surface area (Å²) in [6.45, 7) is 9.81. The first-order valence-electron chi connectivity index (χ1n) is 8.14. The highest BCUT2D eigenvalue weighted by atomic mass is 16.5. The molecule has 114 valence electrons. The Kier molecular flexibility index (Phi) is 7.33. The van der Waals surface area contributed by atoms with Crippen molar-refractivity contribution in [2.24, 2.45) is 17.7 Å². The van der Waals surface area contributed by atoms with Gasteiger partial charge >= 0.3 is 0 Å². The molecule has 0 radical (unpaired) electrons. The molecule has 3 N–H and O–H groups in total. The fourth-order valence-corrected chi connectivity index (χ4v) is 3.77. The van der Waals surface area contributed by atoms with Crippen LogP contribution in [0.25, 0.3) is 0 Å². The molecule has 1 aliphatic carbocycles. The quantitative estimate of drug-likeness (QED) is 0.523. The standard InChI is InChI=1S/C16H34N2O/c1-5-19-16(9-7-6-8-10-16)15(18-17)12-14(4)11-13(2)3/h13-15,18H,5-12,17H2,1-4H3. The molecular weight excluding hydrogens is 236 g/mol. The maximum Gasteiger partial charge on any atom is 0.0848 e. The summed E-state index contributed by atoms with van der Waals surface area (Å²) in [5, 5.41) is 0. The van der Waals surface area contributed by atoms with Gasteiger partial charge in [0.25, 0.3) is 0 Å². The van der Waals surface area contributed by atoms with Crippen molar-refractivity contribution < 1.29 is 4.74 Å². The Morgan fingerprint density at radius 1 is 1.11 bits per heavy atom. The molecule has 0 aromatic carbocycles. The molecule has 0 heterocycles. The number of ether oxygens (including phenoxy) is 1. The summed E-state index contributed by atoms with van der Waals surface area (Å²) in [6, 6.07) is 0.293. The molecule has 0 spiro atoms. The van der Waals surface area contributed by atoms with Crippen LogP contribution < -0.4 is 11.3 Å². The van der Waals surface area contributed by atoms with Crippen LogP contribution in [0.3, 0.4) is 0 Å². The average molecular weight is 270 g/mol. The van der Waals surface area contributed by atoms with Crippen molar-refractivity contribution >= 4 is 0 Å². The third-order valence-corrected chi connectivity index (χ3v) is 4.48. The molecule has 19 heavy (non-hydrogen) atoms. The molecule has 2 unspecified atom stereocenters. The van der Waals surface area contributed by atoms with Crippen molar-refractivity contribution in [1.82, 2.24) is 5.43 Å². The Labute approximate surface area is 119 Å². The van der Waals surface area contributed by atoms with Crippen LogP contribution in [0.5, 0.6) is 0 Å². The Morgan fingerprint density at radius 2 is 1.74 bits per heavy atom. The lowest BCUT2D eigenvalue weighted by Crippen LogP contribution is -2.56. The molecule has 1 aliphatic rings. The first-order chi connectivity index (χ1) is 9.04. The highest BCUT2D eigenvalue weighted by Gasteiger charge is 2.40. The number of nitrogens with one attached hydrogen (secondary N) is 1. The zero-order valence-corrected chi connectivity index (χ0v) is 13.4. The number of nitrogens with two attached hydrogens (primary N) is 1. The molecule has 0 saturated heterocycles. The molecule has 1 rings (SSSR count). The van der Waals surface area contributed by atoms with Crippen molar-refractivity contribution in [3.8, 4) is 0 Å². The monoisotopic (exact) mass is 270 g/mol. The summed E-state index contributed by atoms with van der Waals surface area (Å²) in [5.74, 6) is 7.32. The molecule has 2 atom stereocenters. The van der Waals surface area contributed by atoms with Gasteiger partial charge in [-0.1, -0.05) is 40.0 Å². The van der Waals surface area contributed by atoms with E-state index in [2.05, 4.69) is 33.1 Å². The predicted octanol–water partition coefficient (Wildman–Crippen LogP) is 3.63. The highest BCUT2D eigenvalue weighted by Crippen LogP contribution is 2.37. The van der Waals surface area contributed by atoms with Gasteiger partial charge in [0.05, 0.1) is 11.6 Å². The van der Waals surface area contributed by atoms with Gasteiger partial charge in [0.15, 0.2) is 0 Å². The van der Waals surface area contributed by atoms with E-state index in [0.717, 1.165) is 31.8 Å². The number of hydrazine groups is 1. The van der Waals surface area contributed by atoms with Gasteiger partial charge in [-0.25, -0.2) is 0 Å². The van der Waals surface area contributed by atoms with E-state index in [1.165, 1.54) is 25.7 Å². The summed E-state index contributed by atoms with van der Waals surface area (Å²) in [4.78, 5) is 0. The van der Waals surface area contributed by atoms with Gasteiger partial charge in [-0.3, -0.25) is 11.3 Å². The summed E-state index contributed by atoms with van der Waals surface area (Å²) in [5.41, 5.74) is 3.06. The largest absolute Gasteiger partial charge is 0.374 e. The van der Waals surface area contributed by atoms with Crippen molar-refractivity contribution in [1.29, 1.82) is 0 Å². The van der Waals surface area contributed by atoms with Gasteiger partial charge in [-0.15, -0.1) is 0 Å². The molecule has 1 fully saturated rings. The fraction of sp³-hybridized carbons (Fsp3) is 1.00. The second-order valence-electron chi connectivity index (χ2n) is 6.75. The molecule has 0 bridgehead atoms. The van der Waals surface area contributed by atoms with E-state index in [0.29, 0.717) is 12.0 Å². The Hall–Kier alpha value is -0.120. The first kappa shape index (κ1) is 16.9. The highest BCUT2D eigenvalue weighted by molar-refractivity contribution is 4.95. The van der Waals surface area contributed by atoms with E-state index >= 15 is 0 Å². The van der Waals surface area contributed by atoms with Gasteiger partial charge in [0.2, 0.25) is 0 Å². The minimum Gasteiger partial charge on any atom is -0.374 e. The molecule has 0 aromatic heterocycles. The Morgan fingerprint density at radius 3 is 2.21 bits per heavy atom. The van der Waals surface area contributed by atoms with Crippen LogP contribution >= 0.6 is 0 Å². The maximum atomic E-state index is 6.19. The predicted molar refractivity (Wildman–Crippen MR) is 81.8 cm³/mol. The second-order valence-corrected chi connectivity index (χ2v) is 6.75. The second kappa shape index (κ2) is 8.23. The summed E-state index contributed by atoms with van der Waals surface area (Å²) in [6.07, 6.45) is 8.59.